The van der Waals surface area contributed by atoms with Crippen molar-refractivity contribution in [3.63, 3.8) is 0 Å². The third-order valence-corrected chi connectivity index (χ3v) is 7.08. The number of hydrogen-bond acceptors (Lipinski definition) is 3. The minimum absolute atomic E-state index is 0.635. The summed E-state index contributed by atoms with van der Waals surface area (Å²) >= 11 is 12.0. The molecule has 4 nitrogen and oxygen atoms in total. The van der Waals surface area contributed by atoms with Crippen molar-refractivity contribution in [2.75, 3.05) is 13.1 Å². The molecule has 0 N–H and O–H groups in total. The molecule has 1 fully saturated rings. The van der Waals surface area contributed by atoms with E-state index in [2.05, 4.69) is 64.1 Å². The standard InChI is InChI=1S/C27H27ClN4S/c28-25-13-11-24(12-14-25)26-29-32(27(33)31(26)19-21-7-3-1-4-8-21)20-30-17-15-23(16-18-30)22-9-5-2-6-10-22/h1-14,23H,15-20H2. The smallest absolute Gasteiger partial charge is 0.199 e. The number of hydrogen-bond donors (Lipinski definition) is 0. The van der Waals surface area contributed by atoms with Crippen molar-refractivity contribution in [3.05, 3.63) is 106 Å². The highest BCUT2D eigenvalue weighted by Crippen LogP contribution is 2.28. The number of benzene rings is 3. The Labute approximate surface area is 205 Å². The summed E-state index contributed by atoms with van der Waals surface area (Å²) in [5.41, 5.74) is 3.67. The van der Waals surface area contributed by atoms with Gasteiger partial charge in [-0.2, -0.15) is 5.10 Å². The van der Waals surface area contributed by atoms with Crippen LogP contribution < -0.4 is 0 Å². The number of aromatic nitrogens is 3. The van der Waals surface area contributed by atoms with Crippen LogP contribution in [0.5, 0.6) is 0 Å². The molecule has 1 aliphatic rings. The molecule has 1 saturated heterocycles. The molecule has 0 amide bonds. The highest BCUT2D eigenvalue weighted by molar-refractivity contribution is 7.71. The quantitative estimate of drug-likeness (QED) is 0.294. The fourth-order valence-electron chi connectivity index (χ4n) is 4.58. The predicted molar refractivity (Wildman–Crippen MR) is 137 cm³/mol. The minimum Gasteiger partial charge on any atom is -0.295 e. The van der Waals surface area contributed by atoms with Crippen molar-refractivity contribution >= 4 is 23.8 Å². The van der Waals surface area contributed by atoms with Crippen molar-refractivity contribution in [1.29, 1.82) is 0 Å². The van der Waals surface area contributed by atoms with Crippen LogP contribution in [0.3, 0.4) is 0 Å². The van der Waals surface area contributed by atoms with Gasteiger partial charge in [0.05, 0.1) is 13.2 Å². The van der Waals surface area contributed by atoms with Crippen LogP contribution in [0.1, 0.15) is 29.9 Å². The summed E-state index contributed by atoms with van der Waals surface area (Å²) in [5.74, 6) is 1.51. The molecule has 168 valence electrons. The second-order valence-corrected chi connectivity index (χ2v) is 9.43. The Bertz CT molecular complexity index is 1240. The van der Waals surface area contributed by atoms with Gasteiger partial charge in [-0.1, -0.05) is 72.3 Å². The molecular weight excluding hydrogens is 448 g/mol. The highest BCUT2D eigenvalue weighted by Gasteiger charge is 2.22. The fourth-order valence-corrected chi connectivity index (χ4v) is 4.95. The van der Waals surface area contributed by atoms with Gasteiger partial charge in [0.1, 0.15) is 0 Å². The predicted octanol–water partition coefficient (Wildman–Crippen LogP) is 6.62. The third-order valence-electron chi connectivity index (χ3n) is 6.40. The van der Waals surface area contributed by atoms with E-state index in [4.69, 9.17) is 28.9 Å². The molecule has 2 heterocycles. The number of rotatable bonds is 6. The lowest BCUT2D eigenvalue weighted by atomic mass is 9.90. The zero-order chi connectivity index (χ0) is 22.6. The molecule has 0 bridgehead atoms. The molecule has 4 aromatic rings. The monoisotopic (exact) mass is 474 g/mol. The zero-order valence-electron chi connectivity index (χ0n) is 18.5. The van der Waals surface area contributed by atoms with E-state index in [-0.39, 0.29) is 0 Å². The van der Waals surface area contributed by atoms with Gasteiger partial charge in [0.15, 0.2) is 10.6 Å². The van der Waals surface area contributed by atoms with E-state index in [1.54, 1.807) is 0 Å². The molecule has 33 heavy (non-hydrogen) atoms. The Morgan fingerprint density at radius 2 is 1.48 bits per heavy atom. The average Bonchev–Trinajstić information content (AvgIpc) is 3.16. The highest BCUT2D eigenvalue weighted by atomic mass is 35.5. The minimum atomic E-state index is 0.635. The first-order valence-corrected chi connectivity index (χ1v) is 12.2. The lowest BCUT2D eigenvalue weighted by Crippen LogP contribution is -2.34. The molecule has 0 saturated carbocycles. The van der Waals surface area contributed by atoms with Gasteiger partial charge < -0.3 is 0 Å². The van der Waals surface area contributed by atoms with Crippen molar-refractivity contribution < 1.29 is 0 Å². The van der Waals surface area contributed by atoms with Crippen molar-refractivity contribution in [3.8, 4) is 11.4 Å². The number of piperidine rings is 1. The molecule has 0 aliphatic carbocycles. The first-order valence-electron chi connectivity index (χ1n) is 11.4. The first-order chi connectivity index (χ1) is 16.2. The topological polar surface area (TPSA) is 26.0 Å². The third kappa shape index (κ3) is 5.11. The summed E-state index contributed by atoms with van der Waals surface area (Å²) in [4.78, 5) is 2.46. The van der Waals surface area contributed by atoms with Gasteiger partial charge in [-0.3, -0.25) is 9.47 Å². The Hall–Kier alpha value is -2.73. The lowest BCUT2D eigenvalue weighted by molar-refractivity contribution is 0.160. The second kappa shape index (κ2) is 10.0. The maximum absolute atomic E-state index is 6.13. The SMILES string of the molecule is S=c1n(CN2CCC(c3ccccc3)CC2)nc(-c2ccc(Cl)cc2)n1Cc1ccccc1. The fraction of sp³-hybridized carbons (Fsp3) is 0.259. The Morgan fingerprint density at radius 3 is 2.15 bits per heavy atom. The van der Waals surface area contributed by atoms with Gasteiger partial charge in [0.2, 0.25) is 0 Å². The molecule has 5 rings (SSSR count). The first kappa shape index (κ1) is 22.1. The van der Waals surface area contributed by atoms with E-state index in [0.717, 1.165) is 42.1 Å². The largest absolute Gasteiger partial charge is 0.295 e. The summed E-state index contributed by atoms with van der Waals surface area (Å²) in [7, 11) is 0. The molecule has 0 spiro atoms. The van der Waals surface area contributed by atoms with Crippen LogP contribution in [-0.2, 0) is 13.2 Å². The van der Waals surface area contributed by atoms with Crippen molar-refractivity contribution in [1.82, 2.24) is 19.2 Å². The van der Waals surface area contributed by atoms with E-state index in [9.17, 15) is 0 Å². The van der Waals surface area contributed by atoms with Crippen LogP contribution in [0.25, 0.3) is 11.4 Å². The van der Waals surface area contributed by atoms with Crippen LogP contribution in [-0.4, -0.2) is 32.3 Å². The summed E-state index contributed by atoms with van der Waals surface area (Å²) in [5, 5.41) is 5.68. The van der Waals surface area contributed by atoms with E-state index in [0.29, 0.717) is 24.2 Å². The summed E-state index contributed by atoms with van der Waals surface area (Å²) in [6, 6.07) is 29.1. The van der Waals surface area contributed by atoms with Gasteiger partial charge in [0, 0.05) is 23.7 Å². The summed E-state index contributed by atoms with van der Waals surface area (Å²) in [6.07, 6.45) is 2.32. The van der Waals surface area contributed by atoms with Gasteiger partial charge in [0.25, 0.3) is 0 Å². The average molecular weight is 475 g/mol. The Balaban J connectivity index is 1.38. The molecule has 1 aliphatic heterocycles. The van der Waals surface area contributed by atoms with Crippen LogP contribution in [0.15, 0.2) is 84.9 Å². The zero-order valence-corrected chi connectivity index (χ0v) is 20.1. The van der Waals surface area contributed by atoms with Gasteiger partial charge in [-0.25, -0.2) is 4.68 Å². The van der Waals surface area contributed by atoms with Gasteiger partial charge >= 0.3 is 0 Å². The molecule has 1 aromatic heterocycles. The van der Waals surface area contributed by atoms with Crippen LogP contribution >= 0.6 is 23.8 Å². The molecule has 0 unspecified atom stereocenters. The van der Waals surface area contributed by atoms with E-state index >= 15 is 0 Å². The van der Waals surface area contributed by atoms with Crippen LogP contribution in [0.4, 0.5) is 0 Å². The van der Waals surface area contributed by atoms with E-state index in [1.807, 2.05) is 35.0 Å². The molecule has 6 heteroatoms. The van der Waals surface area contributed by atoms with Crippen molar-refractivity contribution in [2.24, 2.45) is 0 Å². The molecular formula is C27H27ClN4S. The Morgan fingerprint density at radius 1 is 0.848 bits per heavy atom. The summed E-state index contributed by atoms with van der Waals surface area (Å²) in [6.45, 7) is 3.49. The number of nitrogens with zero attached hydrogens (tertiary/aromatic N) is 4. The lowest BCUT2D eigenvalue weighted by Gasteiger charge is -2.31. The number of likely N-dealkylation sites (tertiary alicyclic amines) is 1. The second-order valence-electron chi connectivity index (χ2n) is 8.63. The maximum Gasteiger partial charge on any atom is 0.199 e. The Kier molecular flexibility index (Phi) is 6.72. The molecule has 0 radical (unpaired) electrons. The summed E-state index contributed by atoms with van der Waals surface area (Å²) < 4.78 is 4.85. The van der Waals surface area contributed by atoms with Gasteiger partial charge in [-0.05, 0) is 66.4 Å². The molecule has 0 atom stereocenters. The normalized spacial score (nSPS) is 15.1. The number of halogens is 1. The molecule has 3 aromatic carbocycles. The van der Waals surface area contributed by atoms with E-state index in [1.165, 1.54) is 11.1 Å². The van der Waals surface area contributed by atoms with Crippen molar-refractivity contribution in [2.45, 2.75) is 32.0 Å². The van der Waals surface area contributed by atoms with Crippen LogP contribution in [0.2, 0.25) is 5.02 Å². The maximum atomic E-state index is 6.13. The van der Waals surface area contributed by atoms with E-state index < -0.39 is 0 Å². The van der Waals surface area contributed by atoms with Gasteiger partial charge in [-0.15, -0.1) is 0 Å². The van der Waals surface area contributed by atoms with Crippen LogP contribution in [0, 0.1) is 4.77 Å².